The number of anilines is 1. The topological polar surface area (TPSA) is 60.2 Å². The number of rotatable bonds is 3. The van der Waals surface area contributed by atoms with Gasteiger partial charge in [0.1, 0.15) is 0 Å². The Bertz CT molecular complexity index is 740. The van der Waals surface area contributed by atoms with E-state index in [1.807, 2.05) is 0 Å². The number of hydrogen-bond donors (Lipinski definition) is 1. The van der Waals surface area contributed by atoms with Crippen LogP contribution in [0.15, 0.2) is 41.3 Å². The molecule has 20 heavy (non-hydrogen) atoms. The molecular formula is C13H10Cl3NO2S. The highest BCUT2D eigenvalue weighted by Gasteiger charge is 2.21. The third-order valence-corrected chi connectivity index (χ3v) is 5.34. The van der Waals surface area contributed by atoms with E-state index in [4.69, 9.17) is 40.5 Å². The maximum atomic E-state index is 12.4. The first kappa shape index (κ1) is 15.4. The zero-order valence-corrected chi connectivity index (χ0v) is 13.2. The summed E-state index contributed by atoms with van der Waals surface area (Å²) in [5.74, 6) is -0.337. The molecule has 2 aromatic rings. The Balaban J connectivity index is 2.49. The van der Waals surface area contributed by atoms with Gasteiger partial charge in [0, 0.05) is 20.6 Å². The van der Waals surface area contributed by atoms with Crippen LogP contribution in [0.5, 0.6) is 0 Å². The third-order valence-electron chi connectivity index (χ3n) is 2.71. The van der Waals surface area contributed by atoms with Crippen molar-refractivity contribution in [2.45, 2.75) is 10.6 Å². The number of nitrogens with two attached hydrogens (primary N) is 1. The van der Waals surface area contributed by atoms with Gasteiger partial charge in [-0.1, -0.05) is 40.9 Å². The van der Waals surface area contributed by atoms with E-state index >= 15 is 0 Å². The highest BCUT2D eigenvalue weighted by molar-refractivity contribution is 7.90. The Hall–Kier alpha value is -0.940. The van der Waals surface area contributed by atoms with Crippen molar-refractivity contribution in [1.29, 1.82) is 0 Å². The minimum atomic E-state index is -3.69. The minimum Gasteiger partial charge on any atom is -0.398 e. The Labute approximate surface area is 132 Å². The third kappa shape index (κ3) is 3.20. The molecule has 0 aromatic heterocycles. The first-order valence-corrected chi connectivity index (χ1v) is 8.30. The lowest BCUT2D eigenvalue weighted by atomic mass is 10.2. The SMILES string of the molecule is Nc1ccc(Cl)cc1S(=O)(=O)Cc1c(Cl)cccc1Cl. The Morgan fingerprint density at radius 3 is 2.20 bits per heavy atom. The number of hydrogen-bond acceptors (Lipinski definition) is 3. The fraction of sp³-hybridized carbons (Fsp3) is 0.0769. The second kappa shape index (κ2) is 5.82. The molecule has 106 valence electrons. The summed E-state index contributed by atoms with van der Waals surface area (Å²) in [6.45, 7) is 0. The molecule has 0 spiro atoms. The van der Waals surface area contributed by atoms with E-state index in [0.29, 0.717) is 20.6 Å². The van der Waals surface area contributed by atoms with E-state index in [1.54, 1.807) is 18.2 Å². The molecule has 0 aliphatic rings. The summed E-state index contributed by atoms with van der Waals surface area (Å²) in [5, 5.41) is 0.881. The van der Waals surface area contributed by atoms with Crippen molar-refractivity contribution in [1.82, 2.24) is 0 Å². The van der Waals surface area contributed by atoms with E-state index in [2.05, 4.69) is 0 Å². The van der Waals surface area contributed by atoms with Crippen LogP contribution in [-0.2, 0) is 15.6 Å². The van der Waals surface area contributed by atoms with Crippen LogP contribution >= 0.6 is 34.8 Å². The first-order valence-electron chi connectivity index (χ1n) is 5.52. The molecule has 0 saturated heterocycles. The summed E-state index contributed by atoms with van der Waals surface area (Å²) in [7, 11) is -3.69. The summed E-state index contributed by atoms with van der Waals surface area (Å²) in [4.78, 5) is -0.0269. The molecule has 7 heteroatoms. The molecule has 0 aliphatic heterocycles. The van der Waals surface area contributed by atoms with Crippen molar-refractivity contribution in [2.75, 3.05) is 5.73 Å². The summed E-state index contributed by atoms with van der Waals surface area (Å²) in [5.41, 5.74) is 6.18. The average Bonchev–Trinajstić information content (AvgIpc) is 2.37. The summed E-state index contributed by atoms with van der Waals surface area (Å²) < 4.78 is 24.8. The van der Waals surface area contributed by atoms with E-state index in [1.165, 1.54) is 18.2 Å². The molecule has 0 heterocycles. The molecule has 0 saturated carbocycles. The quantitative estimate of drug-likeness (QED) is 0.844. The van der Waals surface area contributed by atoms with Crippen LogP contribution in [-0.4, -0.2) is 8.42 Å². The molecule has 3 nitrogen and oxygen atoms in total. The average molecular weight is 351 g/mol. The van der Waals surface area contributed by atoms with Gasteiger partial charge in [-0.2, -0.15) is 0 Å². The first-order chi connectivity index (χ1) is 9.31. The fourth-order valence-electron chi connectivity index (χ4n) is 1.72. The molecule has 0 fully saturated rings. The van der Waals surface area contributed by atoms with Crippen molar-refractivity contribution in [3.63, 3.8) is 0 Å². The Kier molecular flexibility index (Phi) is 4.49. The van der Waals surface area contributed by atoms with Crippen LogP contribution in [0.25, 0.3) is 0 Å². The molecule has 0 unspecified atom stereocenters. The van der Waals surface area contributed by atoms with Crippen LogP contribution in [0, 0.1) is 0 Å². The highest BCUT2D eigenvalue weighted by atomic mass is 35.5. The number of nitrogen functional groups attached to an aromatic ring is 1. The molecule has 2 rings (SSSR count). The molecular weight excluding hydrogens is 341 g/mol. The molecule has 0 bridgehead atoms. The molecule has 2 N–H and O–H groups in total. The Morgan fingerprint density at radius 1 is 1.00 bits per heavy atom. The fourth-order valence-corrected chi connectivity index (χ4v) is 4.22. The predicted molar refractivity (Wildman–Crippen MR) is 83.2 cm³/mol. The Morgan fingerprint density at radius 2 is 1.60 bits per heavy atom. The van der Waals surface area contributed by atoms with Gasteiger partial charge in [0.25, 0.3) is 0 Å². The zero-order chi connectivity index (χ0) is 14.9. The van der Waals surface area contributed by atoms with E-state index < -0.39 is 9.84 Å². The number of halogens is 3. The lowest BCUT2D eigenvalue weighted by Gasteiger charge is -2.10. The van der Waals surface area contributed by atoms with Crippen molar-refractivity contribution in [2.24, 2.45) is 0 Å². The van der Waals surface area contributed by atoms with Crippen LogP contribution in [0.1, 0.15) is 5.56 Å². The summed E-state index contributed by atoms with van der Waals surface area (Å²) >= 11 is 17.8. The van der Waals surface area contributed by atoms with Crippen molar-refractivity contribution in [3.8, 4) is 0 Å². The van der Waals surface area contributed by atoms with Gasteiger partial charge in [0.05, 0.1) is 16.3 Å². The van der Waals surface area contributed by atoms with Crippen LogP contribution in [0.4, 0.5) is 5.69 Å². The van der Waals surface area contributed by atoms with Gasteiger partial charge in [-0.25, -0.2) is 8.42 Å². The lowest BCUT2D eigenvalue weighted by Crippen LogP contribution is -2.08. The van der Waals surface area contributed by atoms with Gasteiger partial charge >= 0.3 is 0 Å². The van der Waals surface area contributed by atoms with Crippen molar-refractivity contribution < 1.29 is 8.42 Å². The van der Waals surface area contributed by atoms with Crippen LogP contribution < -0.4 is 5.73 Å². The van der Waals surface area contributed by atoms with Crippen molar-refractivity contribution >= 4 is 50.3 Å². The number of benzene rings is 2. The van der Waals surface area contributed by atoms with E-state index in [0.717, 1.165) is 0 Å². The molecule has 0 radical (unpaired) electrons. The van der Waals surface area contributed by atoms with Gasteiger partial charge in [-0.3, -0.25) is 0 Å². The van der Waals surface area contributed by atoms with E-state index in [9.17, 15) is 8.42 Å². The maximum Gasteiger partial charge on any atom is 0.184 e. The smallest absolute Gasteiger partial charge is 0.184 e. The van der Waals surface area contributed by atoms with Gasteiger partial charge in [0.15, 0.2) is 9.84 Å². The monoisotopic (exact) mass is 349 g/mol. The molecule has 2 aromatic carbocycles. The lowest BCUT2D eigenvalue weighted by molar-refractivity contribution is 0.595. The van der Waals surface area contributed by atoms with E-state index in [-0.39, 0.29) is 16.3 Å². The van der Waals surface area contributed by atoms with Gasteiger partial charge < -0.3 is 5.73 Å². The van der Waals surface area contributed by atoms with Crippen LogP contribution in [0.3, 0.4) is 0 Å². The second-order valence-corrected chi connectivity index (χ2v) is 7.35. The molecule has 0 atom stereocenters. The van der Waals surface area contributed by atoms with Gasteiger partial charge in [-0.05, 0) is 30.3 Å². The summed E-state index contributed by atoms with van der Waals surface area (Å²) in [6, 6.07) is 9.10. The molecule has 0 aliphatic carbocycles. The predicted octanol–water partition coefficient (Wildman–Crippen LogP) is 4.20. The largest absolute Gasteiger partial charge is 0.398 e. The molecule has 0 amide bonds. The maximum absolute atomic E-state index is 12.4. The van der Waals surface area contributed by atoms with Crippen molar-refractivity contribution in [3.05, 3.63) is 57.0 Å². The van der Waals surface area contributed by atoms with Gasteiger partial charge in [0.2, 0.25) is 0 Å². The normalized spacial score (nSPS) is 11.6. The summed E-state index contributed by atoms with van der Waals surface area (Å²) in [6.07, 6.45) is 0. The van der Waals surface area contributed by atoms with Crippen LogP contribution in [0.2, 0.25) is 15.1 Å². The second-order valence-electron chi connectivity index (χ2n) is 4.14. The standard InChI is InChI=1S/C13H10Cl3NO2S/c14-8-4-5-12(17)13(6-8)20(18,19)7-9-10(15)2-1-3-11(9)16/h1-6H,7,17H2. The minimum absolute atomic E-state index is 0.0269. The zero-order valence-electron chi connectivity index (χ0n) is 10.1. The van der Waals surface area contributed by atoms with Gasteiger partial charge in [-0.15, -0.1) is 0 Å². The highest BCUT2D eigenvalue weighted by Crippen LogP contribution is 2.31. The number of sulfone groups is 1.